The van der Waals surface area contributed by atoms with E-state index in [2.05, 4.69) is 15.6 Å². The van der Waals surface area contributed by atoms with Crippen LogP contribution in [0.4, 0.5) is 10.5 Å². The summed E-state index contributed by atoms with van der Waals surface area (Å²) in [6, 6.07) is 14.4. The van der Waals surface area contributed by atoms with Crippen LogP contribution in [0.5, 0.6) is 5.75 Å². The Morgan fingerprint density at radius 2 is 1.96 bits per heavy atom. The number of amides is 2. The van der Waals surface area contributed by atoms with Gasteiger partial charge in [0.05, 0.1) is 30.1 Å². The van der Waals surface area contributed by atoms with E-state index < -0.39 is 0 Å². The topological polar surface area (TPSA) is 63.2 Å². The fraction of sp³-hybridized carbons (Fsp3) is 0.111. The first-order chi connectivity index (χ1) is 12.2. The van der Waals surface area contributed by atoms with Gasteiger partial charge in [0.25, 0.3) is 0 Å². The van der Waals surface area contributed by atoms with Crippen molar-refractivity contribution < 1.29 is 9.53 Å². The van der Waals surface area contributed by atoms with E-state index in [-0.39, 0.29) is 6.03 Å². The molecule has 1 aromatic heterocycles. The molecule has 2 amide bonds. The Hall–Kier alpha value is -2.57. The molecule has 5 nitrogen and oxygen atoms in total. The minimum atomic E-state index is -0.325. The van der Waals surface area contributed by atoms with Crippen LogP contribution in [0.1, 0.15) is 5.01 Å². The molecular formula is C18H16ClN3O2S. The van der Waals surface area contributed by atoms with E-state index in [1.165, 1.54) is 11.3 Å². The van der Waals surface area contributed by atoms with E-state index in [4.69, 9.17) is 16.3 Å². The first kappa shape index (κ1) is 17.3. The third-order valence-electron chi connectivity index (χ3n) is 3.46. The number of halogens is 1. The van der Waals surface area contributed by atoms with E-state index >= 15 is 0 Å². The maximum atomic E-state index is 12.0. The van der Waals surface area contributed by atoms with Gasteiger partial charge in [-0.3, -0.25) is 0 Å². The molecule has 0 fully saturated rings. The summed E-state index contributed by atoms with van der Waals surface area (Å²) in [6.45, 7) is 0.344. The van der Waals surface area contributed by atoms with Crippen molar-refractivity contribution in [2.24, 2.45) is 0 Å². The standard InChI is InChI=1S/C18H16ClN3O2S/c1-24-13-8-6-12(7-9-13)16-11-25-17(21-16)10-20-18(23)22-15-5-3-2-4-14(15)19/h2-9,11H,10H2,1H3,(H2,20,22,23). The molecule has 0 spiro atoms. The first-order valence-electron chi connectivity index (χ1n) is 7.54. The van der Waals surface area contributed by atoms with E-state index in [0.717, 1.165) is 22.0 Å². The van der Waals surface area contributed by atoms with E-state index in [1.54, 1.807) is 19.2 Å². The van der Waals surface area contributed by atoms with Crippen LogP contribution in [0, 0.1) is 0 Å². The van der Waals surface area contributed by atoms with Gasteiger partial charge in [0.1, 0.15) is 10.8 Å². The molecule has 3 rings (SSSR count). The van der Waals surface area contributed by atoms with Gasteiger partial charge in [-0.15, -0.1) is 11.3 Å². The molecule has 25 heavy (non-hydrogen) atoms. The molecule has 2 N–H and O–H groups in total. The highest BCUT2D eigenvalue weighted by molar-refractivity contribution is 7.09. The number of carbonyl (C=O) groups excluding carboxylic acids is 1. The number of urea groups is 1. The highest BCUT2D eigenvalue weighted by Crippen LogP contribution is 2.24. The van der Waals surface area contributed by atoms with Crippen molar-refractivity contribution in [1.29, 1.82) is 0 Å². The fourth-order valence-corrected chi connectivity index (χ4v) is 3.10. The van der Waals surface area contributed by atoms with E-state index in [0.29, 0.717) is 17.3 Å². The van der Waals surface area contributed by atoms with Gasteiger partial charge in [-0.25, -0.2) is 9.78 Å². The summed E-state index contributed by atoms with van der Waals surface area (Å²) in [5, 5.41) is 8.77. The number of benzene rings is 2. The van der Waals surface area contributed by atoms with Gasteiger partial charge in [-0.05, 0) is 36.4 Å². The lowest BCUT2D eigenvalue weighted by atomic mass is 10.2. The number of nitrogens with zero attached hydrogens (tertiary/aromatic N) is 1. The Bertz CT molecular complexity index is 865. The second-order valence-corrected chi connectivity index (χ2v) is 6.49. The Morgan fingerprint density at radius 3 is 2.68 bits per heavy atom. The summed E-state index contributed by atoms with van der Waals surface area (Å²) >= 11 is 7.51. The second kappa shape index (κ2) is 8.00. The number of ether oxygens (including phenoxy) is 1. The van der Waals surface area contributed by atoms with Gasteiger partial charge < -0.3 is 15.4 Å². The molecule has 0 saturated carbocycles. The van der Waals surface area contributed by atoms with E-state index in [9.17, 15) is 4.79 Å². The lowest BCUT2D eigenvalue weighted by molar-refractivity contribution is 0.251. The molecule has 0 saturated heterocycles. The molecular weight excluding hydrogens is 358 g/mol. The fourth-order valence-electron chi connectivity index (χ4n) is 2.17. The van der Waals surface area contributed by atoms with Crippen molar-refractivity contribution >= 4 is 34.7 Å². The number of nitrogens with one attached hydrogen (secondary N) is 2. The smallest absolute Gasteiger partial charge is 0.319 e. The zero-order chi connectivity index (χ0) is 17.6. The van der Waals surface area contributed by atoms with Crippen molar-refractivity contribution in [3.05, 3.63) is 63.9 Å². The minimum absolute atomic E-state index is 0.325. The summed E-state index contributed by atoms with van der Waals surface area (Å²) in [5.41, 5.74) is 2.44. The largest absolute Gasteiger partial charge is 0.497 e. The number of aromatic nitrogens is 1. The zero-order valence-corrected chi connectivity index (χ0v) is 15.0. The summed E-state index contributed by atoms with van der Waals surface area (Å²) in [6.07, 6.45) is 0. The minimum Gasteiger partial charge on any atom is -0.497 e. The molecule has 0 radical (unpaired) electrons. The zero-order valence-electron chi connectivity index (χ0n) is 13.5. The van der Waals surface area contributed by atoms with Gasteiger partial charge in [0.15, 0.2) is 0 Å². The maximum Gasteiger partial charge on any atom is 0.319 e. The number of hydrogen-bond donors (Lipinski definition) is 2. The Balaban J connectivity index is 1.58. The number of rotatable bonds is 5. The van der Waals surface area contributed by atoms with Crippen LogP contribution in [0.25, 0.3) is 11.3 Å². The van der Waals surface area contributed by atoms with Crippen LogP contribution in [-0.4, -0.2) is 18.1 Å². The van der Waals surface area contributed by atoms with Gasteiger partial charge in [0.2, 0.25) is 0 Å². The number of anilines is 1. The number of para-hydroxylation sites is 1. The number of methoxy groups -OCH3 is 1. The third kappa shape index (κ3) is 4.49. The molecule has 0 unspecified atom stereocenters. The Kier molecular flexibility index (Phi) is 5.53. The van der Waals surface area contributed by atoms with Gasteiger partial charge >= 0.3 is 6.03 Å². The first-order valence-corrected chi connectivity index (χ1v) is 8.79. The summed E-state index contributed by atoms with van der Waals surface area (Å²) in [4.78, 5) is 16.5. The molecule has 0 bridgehead atoms. The third-order valence-corrected chi connectivity index (χ3v) is 4.64. The van der Waals surface area contributed by atoms with Crippen molar-refractivity contribution in [3.63, 3.8) is 0 Å². The average Bonchev–Trinajstić information content (AvgIpc) is 3.11. The predicted molar refractivity (Wildman–Crippen MR) is 101 cm³/mol. The molecule has 7 heteroatoms. The SMILES string of the molecule is COc1ccc(-c2csc(CNC(=O)Nc3ccccc3Cl)n2)cc1. The lowest BCUT2D eigenvalue weighted by Crippen LogP contribution is -2.28. The molecule has 0 aliphatic carbocycles. The van der Waals surface area contributed by atoms with Crippen LogP contribution in [0.3, 0.4) is 0 Å². The van der Waals surface area contributed by atoms with Crippen molar-refractivity contribution in [2.75, 3.05) is 12.4 Å². The van der Waals surface area contributed by atoms with Gasteiger partial charge in [-0.2, -0.15) is 0 Å². The van der Waals surface area contributed by atoms with Gasteiger partial charge in [-0.1, -0.05) is 23.7 Å². The summed E-state index contributed by atoms with van der Waals surface area (Å²) in [7, 11) is 1.63. The Labute approximate surface area is 154 Å². The number of hydrogen-bond acceptors (Lipinski definition) is 4. The number of carbonyl (C=O) groups is 1. The van der Waals surface area contributed by atoms with Crippen LogP contribution >= 0.6 is 22.9 Å². The lowest BCUT2D eigenvalue weighted by Gasteiger charge is -2.07. The molecule has 128 valence electrons. The molecule has 1 heterocycles. The van der Waals surface area contributed by atoms with Crippen LogP contribution in [-0.2, 0) is 6.54 Å². The van der Waals surface area contributed by atoms with Crippen molar-refractivity contribution in [3.8, 4) is 17.0 Å². The van der Waals surface area contributed by atoms with Gasteiger partial charge in [0, 0.05) is 10.9 Å². The van der Waals surface area contributed by atoms with Crippen LogP contribution in [0.15, 0.2) is 53.9 Å². The van der Waals surface area contributed by atoms with Crippen LogP contribution in [0.2, 0.25) is 5.02 Å². The van der Waals surface area contributed by atoms with E-state index in [1.807, 2.05) is 41.8 Å². The van der Waals surface area contributed by atoms with Crippen molar-refractivity contribution in [2.45, 2.75) is 6.54 Å². The normalized spacial score (nSPS) is 10.3. The average molecular weight is 374 g/mol. The monoisotopic (exact) mass is 373 g/mol. The molecule has 0 aliphatic rings. The molecule has 3 aromatic rings. The highest BCUT2D eigenvalue weighted by atomic mass is 35.5. The molecule has 0 aliphatic heterocycles. The van der Waals surface area contributed by atoms with Crippen molar-refractivity contribution in [1.82, 2.24) is 10.3 Å². The highest BCUT2D eigenvalue weighted by Gasteiger charge is 2.08. The summed E-state index contributed by atoms with van der Waals surface area (Å²) < 4.78 is 5.15. The summed E-state index contributed by atoms with van der Waals surface area (Å²) in [5.74, 6) is 0.803. The quantitative estimate of drug-likeness (QED) is 0.675. The number of thiazole rings is 1. The maximum absolute atomic E-state index is 12.0. The predicted octanol–water partition coefficient (Wildman–Crippen LogP) is 4.79. The molecule has 0 atom stereocenters. The molecule has 2 aromatic carbocycles. The second-order valence-electron chi connectivity index (χ2n) is 5.14. The Morgan fingerprint density at radius 1 is 1.20 bits per heavy atom. The van der Waals surface area contributed by atoms with Crippen LogP contribution < -0.4 is 15.4 Å².